The molecule has 1 aliphatic heterocycles. The summed E-state index contributed by atoms with van der Waals surface area (Å²) >= 11 is 1.58. The van der Waals surface area contributed by atoms with Crippen molar-refractivity contribution in [3.63, 3.8) is 0 Å². The molecule has 6 heteroatoms. The molecule has 5 nitrogen and oxygen atoms in total. The Morgan fingerprint density at radius 2 is 2.17 bits per heavy atom. The van der Waals surface area contributed by atoms with Crippen LogP contribution in [0.2, 0.25) is 0 Å². The minimum Gasteiger partial charge on any atom is -0.480 e. The summed E-state index contributed by atoms with van der Waals surface area (Å²) in [6.07, 6.45) is 4.31. The van der Waals surface area contributed by atoms with E-state index in [0.29, 0.717) is 13.0 Å². The first kappa shape index (κ1) is 15.1. The quantitative estimate of drug-likeness (QED) is 0.801. The number of carboxylic acid groups (broad SMARTS) is 1. The van der Waals surface area contributed by atoms with Crippen LogP contribution < -0.4 is 5.32 Å². The van der Waals surface area contributed by atoms with Crippen molar-refractivity contribution in [3.8, 4) is 0 Å². The first-order valence-electron chi connectivity index (χ1n) is 6.18. The third-order valence-corrected chi connectivity index (χ3v) is 4.00. The highest BCUT2D eigenvalue weighted by molar-refractivity contribution is 7.98. The Morgan fingerprint density at radius 1 is 1.50 bits per heavy atom. The molecule has 1 unspecified atom stereocenters. The second-order valence-electron chi connectivity index (χ2n) is 5.19. The summed E-state index contributed by atoms with van der Waals surface area (Å²) in [5.41, 5.74) is -0.174. The van der Waals surface area contributed by atoms with Crippen LogP contribution in [0.3, 0.4) is 0 Å². The van der Waals surface area contributed by atoms with Crippen molar-refractivity contribution in [2.24, 2.45) is 0 Å². The predicted octanol–water partition coefficient (Wildman–Crippen LogP) is 1.78. The first-order valence-corrected chi connectivity index (χ1v) is 7.58. The van der Waals surface area contributed by atoms with Gasteiger partial charge in [0.25, 0.3) is 0 Å². The maximum atomic E-state index is 12.1. The molecule has 0 radical (unpaired) electrons. The number of likely N-dealkylation sites (tertiary alicyclic amines) is 1. The smallest absolute Gasteiger partial charge is 0.326 e. The van der Waals surface area contributed by atoms with Gasteiger partial charge < -0.3 is 15.3 Å². The molecule has 1 atom stereocenters. The normalized spacial score (nSPS) is 19.6. The lowest BCUT2D eigenvalue weighted by molar-refractivity contribution is -0.139. The number of nitrogens with one attached hydrogen (secondary N) is 1. The van der Waals surface area contributed by atoms with Gasteiger partial charge in [-0.2, -0.15) is 11.8 Å². The van der Waals surface area contributed by atoms with Gasteiger partial charge in [-0.05, 0) is 45.1 Å². The minimum atomic E-state index is -0.964. The predicted molar refractivity (Wildman–Crippen MR) is 73.0 cm³/mol. The molecular formula is C12H22N2O3S. The van der Waals surface area contributed by atoms with Crippen LogP contribution in [0.4, 0.5) is 4.79 Å². The Bertz CT molecular complexity index is 320. The number of nitrogens with zero attached hydrogens (tertiary/aromatic N) is 1. The van der Waals surface area contributed by atoms with Crippen molar-refractivity contribution in [2.75, 3.05) is 18.6 Å². The van der Waals surface area contributed by atoms with Gasteiger partial charge in [0.15, 0.2) is 0 Å². The van der Waals surface area contributed by atoms with E-state index in [1.54, 1.807) is 16.7 Å². The molecule has 0 aromatic rings. The summed E-state index contributed by atoms with van der Waals surface area (Å²) in [5.74, 6) is -0.241. The Hall–Kier alpha value is -0.910. The van der Waals surface area contributed by atoms with E-state index in [1.807, 2.05) is 20.1 Å². The highest BCUT2D eigenvalue weighted by Gasteiger charge is 2.36. The van der Waals surface area contributed by atoms with Gasteiger partial charge in [-0.1, -0.05) is 0 Å². The molecule has 0 aromatic carbocycles. The van der Waals surface area contributed by atoms with Crippen LogP contribution in [0, 0.1) is 0 Å². The lowest BCUT2D eigenvalue weighted by Gasteiger charge is -2.32. The largest absolute Gasteiger partial charge is 0.480 e. The van der Waals surface area contributed by atoms with Gasteiger partial charge in [0.05, 0.1) is 0 Å². The second kappa shape index (κ2) is 6.31. The van der Waals surface area contributed by atoms with E-state index in [4.69, 9.17) is 5.11 Å². The zero-order chi connectivity index (χ0) is 13.8. The van der Waals surface area contributed by atoms with E-state index in [9.17, 15) is 9.59 Å². The zero-order valence-electron chi connectivity index (χ0n) is 11.2. The van der Waals surface area contributed by atoms with Crippen LogP contribution >= 0.6 is 11.8 Å². The summed E-state index contributed by atoms with van der Waals surface area (Å²) in [4.78, 5) is 24.9. The number of hydrogen-bond acceptors (Lipinski definition) is 3. The van der Waals surface area contributed by atoms with Crippen LogP contribution in [-0.4, -0.2) is 52.1 Å². The number of carboxylic acids is 1. The molecule has 1 aliphatic rings. The van der Waals surface area contributed by atoms with Gasteiger partial charge in [0, 0.05) is 12.1 Å². The van der Waals surface area contributed by atoms with Crippen molar-refractivity contribution in [1.29, 1.82) is 0 Å². The van der Waals surface area contributed by atoms with Crippen LogP contribution in [0.25, 0.3) is 0 Å². The molecule has 0 spiro atoms. The van der Waals surface area contributed by atoms with Crippen LogP contribution in [0.5, 0.6) is 0 Å². The van der Waals surface area contributed by atoms with Crippen molar-refractivity contribution >= 4 is 23.8 Å². The molecular weight excluding hydrogens is 252 g/mol. The SMILES string of the molecule is CSCCC(NC(=O)N1CCCC1(C)C)C(=O)O. The van der Waals surface area contributed by atoms with Gasteiger partial charge in [0.1, 0.15) is 6.04 Å². The summed E-state index contributed by atoms with van der Waals surface area (Å²) < 4.78 is 0. The molecule has 2 N–H and O–H groups in total. The van der Waals surface area contributed by atoms with Crippen molar-refractivity contribution in [3.05, 3.63) is 0 Å². The number of thioether (sulfide) groups is 1. The maximum absolute atomic E-state index is 12.1. The van der Waals surface area contributed by atoms with Crippen molar-refractivity contribution in [1.82, 2.24) is 10.2 Å². The fourth-order valence-corrected chi connectivity index (χ4v) is 2.68. The lowest BCUT2D eigenvalue weighted by Crippen LogP contribution is -2.52. The summed E-state index contributed by atoms with van der Waals surface area (Å²) in [6.45, 7) is 4.72. The molecule has 1 fully saturated rings. The number of rotatable bonds is 5. The Morgan fingerprint density at radius 3 is 2.61 bits per heavy atom. The molecule has 1 saturated heterocycles. The molecule has 104 valence electrons. The third kappa shape index (κ3) is 3.80. The number of urea groups is 1. The molecule has 0 saturated carbocycles. The molecule has 2 amide bonds. The highest BCUT2D eigenvalue weighted by atomic mass is 32.2. The third-order valence-electron chi connectivity index (χ3n) is 3.35. The average molecular weight is 274 g/mol. The molecule has 0 aliphatic carbocycles. The van der Waals surface area contributed by atoms with E-state index >= 15 is 0 Å². The second-order valence-corrected chi connectivity index (χ2v) is 6.18. The van der Waals surface area contributed by atoms with Crippen molar-refractivity contribution in [2.45, 2.75) is 44.7 Å². The first-order chi connectivity index (χ1) is 8.38. The highest BCUT2D eigenvalue weighted by Crippen LogP contribution is 2.28. The van der Waals surface area contributed by atoms with Crippen molar-refractivity contribution < 1.29 is 14.7 Å². The number of amides is 2. The fraction of sp³-hybridized carbons (Fsp3) is 0.833. The Labute approximate surface area is 112 Å². The Balaban J connectivity index is 2.58. The monoisotopic (exact) mass is 274 g/mol. The standard InChI is InChI=1S/C12H22N2O3S/c1-12(2)6-4-7-14(12)11(17)13-9(10(15)16)5-8-18-3/h9H,4-8H2,1-3H3,(H,13,17)(H,15,16). The van der Waals surface area contributed by atoms with E-state index in [-0.39, 0.29) is 11.6 Å². The molecule has 1 rings (SSSR count). The van der Waals surface area contributed by atoms with E-state index < -0.39 is 12.0 Å². The van der Waals surface area contributed by atoms with Gasteiger partial charge in [-0.25, -0.2) is 9.59 Å². The number of aliphatic carboxylic acids is 1. The molecule has 18 heavy (non-hydrogen) atoms. The summed E-state index contributed by atoms with van der Waals surface area (Å²) in [5, 5.41) is 11.7. The van der Waals surface area contributed by atoms with Gasteiger partial charge in [0.2, 0.25) is 0 Å². The van der Waals surface area contributed by atoms with Crippen LogP contribution in [0.15, 0.2) is 0 Å². The van der Waals surface area contributed by atoms with E-state index in [0.717, 1.165) is 18.6 Å². The fourth-order valence-electron chi connectivity index (χ4n) is 2.20. The maximum Gasteiger partial charge on any atom is 0.326 e. The zero-order valence-corrected chi connectivity index (χ0v) is 12.0. The number of carbonyl (C=O) groups excluding carboxylic acids is 1. The van der Waals surface area contributed by atoms with E-state index in [2.05, 4.69) is 5.32 Å². The lowest BCUT2D eigenvalue weighted by atomic mass is 10.0. The van der Waals surface area contributed by atoms with Gasteiger partial charge >= 0.3 is 12.0 Å². The molecule has 1 heterocycles. The Kier molecular flexibility index (Phi) is 5.31. The number of hydrogen-bond donors (Lipinski definition) is 2. The van der Waals surface area contributed by atoms with Crippen LogP contribution in [-0.2, 0) is 4.79 Å². The van der Waals surface area contributed by atoms with Crippen LogP contribution in [0.1, 0.15) is 33.1 Å². The number of carbonyl (C=O) groups is 2. The van der Waals surface area contributed by atoms with E-state index in [1.165, 1.54) is 0 Å². The van der Waals surface area contributed by atoms with Gasteiger partial charge in [-0.3, -0.25) is 0 Å². The minimum absolute atomic E-state index is 0.174. The molecule has 0 aromatic heterocycles. The average Bonchev–Trinajstić information content (AvgIpc) is 2.63. The molecule has 0 bridgehead atoms. The topological polar surface area (TPSA) is 69.6 Å². The van der Waals surface area contributed by atoms with Gasteiger partial charge in [-0.15, -0.1) is 0 Å². The summed E-state index contributed by atoms with van der Waals surface area (Å²) in [6, 6.07) is -1.05. The summed E-state index contributed by atoms with van der Waals surface area (Å²) in [7, 11) is 0.